The van der Waals surface area contributed by atoms with Crippen LogP contribution in [0.2, 0.25) is 0 Å². The minimum Gasteiger partial charge on any atom is -0.375 e. The standard InChI is InChI=1S/C32H33F2N7O/c1-19-11-20(12-27(37)31(19)42-10-4-8-35)24-7-9-38-16-21(24)13-29-39-17-23-5-6-28(40-41(23)29)30-25(33)14-22(15-26(30)34)32(2,3)18-36/h5-7,9,14-17,19-20,27,31H,4,10-13,37H2,1-3H3/t19-,20+,27+,31-/m0/s1. The number of halogens is 2. The van der Waals surface area contributed by atoms with Crippen molar-refractivity contribution in [3.8, 4) is 23.4 Å². The maximum Gasteiger partial charge on any atom is 0.135 e. The number of hydrogen-bond acceptors (Lipinski definition) is 7. The minimum atomic E-state index is -1.04. The van der Waals surface area contributed by atoms with E-state index < -0.39 is 17.0 Å². The average molecular weight is 570 g/mol. The molecule has 42 heavy (non-hydrogen) atoms. The average Bonchev–Trinajstić information content (AvgIpc) is 3.36. The number of pyridine rings is 1. The second kappa shape index (κ2) is 11.9. The molecule has 3 aromatic heterocycles. The van der Waals surface area contributed by atoms with E-state index >= 15 is 8.78 Å². The molecule has 1 fully saturated rings. The lowest BCUT2D eigenvalue weighted by Crippen LogP contribution is -2.46. The van der Waals surface area contributed by atoms with Crippen LogP contribution in [0.5, 0.6) is 0 Å². The Kier molecular flexibility index (Phi) is 8.31. The predicted molar refractivity (Wildman–Crippen MR) is 153 cm³/mol. The Morgan fingerprint density at radius 1 is 1.12 bits per heavy atom. The number of hydrogen-bond donors (Lipinski definition) is 1. The Morgan fingerprint density at radius 3 is 2.57 bits per heavy atom. The summed E-state index contributed by atoms with van der Waals surface area (Å²) >= 11 is 0. The fourth-order valence-electron chi connectivity index (χ4n) is 5.93. The normalized spacial score (nSPS) is 20.8. The fourth-order valence-corrected chi connectivity index (χ4v) is 5.93. The van der Waals surface area contributed by atoms with Crippen LogP contribution in [0.15, 0.2) is 48.9 Å². The van der Waals surface area contributed by atoms with E-state index in [0.29, 0.717) is 30.8 Å². The SMILES string of the molecule is C[C@H]1C[C@@H](c2ccncc2Cc2ncc3ccc(-c4c(F)cc(C(C)(C)C#N)cc4F)nn23)C[C@@H](N)[C@H]1OCCC#N. The van der Waals surface area contributed by atoms with Crippen molar-refractivity contribution in [2.75, 3.05) is 6.61 Å². The third-order valence-electron chi connectivity index (χ3n) is 8.20. The number of rotatable bonds is 8. The van der Waals surface area contributed by atoms with Crippen LogP contribution in [-0.4, -0.2) is 38.3 Å². The van der Waals surface area contributed by atoms with E-state index in [2.05, 4.69) is 34.1 Å². The van der Waals surface area contributed by atoms with Crippen LogP contribution >= 0.6 is 0 Å². The van der Waals surface area contributed by atoms with Crippen molar-refractivity contribution in [3.05, 3.63) is 83.1 Å². The summed E-state index contributed by atoms with van der Waals surface area (Å²) < 4.78 is 38.0. The monoisotopic (exact) mass is 569 g/mol. The molecule has 0 saturated heterocycles. The van der Waals surface area contributed by atoms with Crippen molar-refractivity contribution >= 4 is 5.52 Å². The summed E-state index contributed by atoms with van der Waals surface area (Å²) in [6, 6.07) is 11.7. The number of nitrogens with two attached hydrogens (primary N) is 1. The van der Waals surface area contributed by atoms with Crippen LogP contribution in [0, 0.1) is 40.2 Å². The topological polar surface area (TPSA) is 126 Å². The Labute approximate surface area is 243 Å². The van der Waals surface area contributed by atoms with Gasteiger partial charge in [0.05, 0.1) is 59.7 Å². The third kappa shape index (κ3) is 5.74. The smallest absolute Gasteiger partial charge is 0.135 e. The molecule has 3 heterocycles. The van der Waals surface area contributed by atoms with E-state index in [1.165, 1.54) is 12.1 Å². The molecule has 1 saturated carbocycles. The molecule has 0 bridgehead atoms. The lowest BCUT2D eigenvalue weighted by atomic mass is 9.73. The summed E-state index contributed by atoms with van der Waals surface area (Å²) in [5.41, 5.74) is 8.43. The van der Waals surface area contributed by atoms with Crippen LogP contribution in [0.25, 0.3) is 16.8 Å². The molecule has 0 radical (unpaired) electrons. The van der Waals surface area contributed by atoms with Gasteiger partial charge in [0.15, 0.2) is 0 Å². The van der Waals surface area contributed by atoms with Gasteiger partial charge in [-0.3, -0.25) is 4.98 Å². The largest absolute Gasteiger partial charge is 0.375 e. The molecule has 1 aliphatic rings. The number of benzene rings is 1. The van der Waals surface area contributed by atoms with Crippen molar-refractivity contribution in [1.82, 2.24) is 19.6 Å². The van der Waals surface area contributed by atoms with Crippen LogP contribution in [0.4, 0.5) is 8.78 Å². The van der Waals surface area contributed by atoms with E-state index in [4.69, 9.17) is 15.7 Å². The Bertz CT molecular complexity index is 1650. The Balaban J connectivity index is 1.43. The Morgan fingerprint density at radius 2 is 1.88 bits per heavy atom. The highest BCUT2D eigenvalue weighted by atomic mass is 19.1. The summed E-state index contributed by atoms with van der Waals surface area (Å²) in [4.78, 5) is 8.94. The van der Waals surface area contributed by atoms with Crippen molar-refractivity contribution in [3.63, 3.8) is 0 Å². The second-order valence-electron chi connectivity index (χ2n) is 11.6. The van der Waals surface area contributed by atoms with Crippen molar-refractivity contribution in [1.29, 1.82) is 10.5 Å². The van der Waals surface area contributed by atoms with Gasteiger partial charge in [0.2, 0.25) is 0 Å². The molecule has 216 valence electrons. The zero-order chi connectivity index (χ0) is 30.0. The minimum absolute atomic E-state index is 0.0976. The van der Waals surface area contributed by atoms with Crippen molar-refractivity contribution in [2.45, 2.75) is 69.9 Å². The first-order valence-corrected chi connectivity index (χ1v) is 14.0. The van der Waals surface area contributed by atoms with Gasteiger partial charge in [-0.25, -0.2) is 18.3 Å². The van der Waals surface area contributed by atoms with Gasteiger partial charge in [-0.15, -0.1) is 0 Å². The summed E-state index contributed by atoms with van der Waals surface area (Å²) in [5.74, 6) is -0.555. The second-order valence-corrected chi connectivity index (χ2v) is 11.6. The molecular weight excluding hydrogens is 536 g/mol. The lowest BCUT2D eigenvalue weighted by molar-refractivity contribution is -0.0199. The molecule has 1 aromatic carbocycles. The lowest BCUT2D eigenvalue weighted by Gasteiger charge is -2.39. The molecule has 8 nitrogen and oxygen atoms in total. The van der Waals surface area contributed by atoms with E-state index in [0.717, 1.165) is 24.0 Å². The van der Waals surface area contributed by atoms with E-state index in [1.54, 1.807) is 42.9 Å². The number of nitriles is 2. The quantitative estimate of drug-likeness (QED) is 0.274. The summed E-state index contributed by atoms with van der Waals surface area (Å²) in [7, 11) is 0. The maximum atomic E-state index is 15.2. The molecule has 1 aliphatic carbocycles. The van der Waals surface area contributed by atoms with E-state index in [9.17, 15) is 5.26 Å². The Hall–Kier alpha value is -4.25. The van der Waals surface area contributed by atoms with Gasteiger partial charge in [-0.1, -0.05) is 6.92 Å². The van der Waals surface area contributed by atoms with Crippen LogP contribution in [0.3, 0.4) is 0 Å². The highest BCUT2D eigenvalue weighted by Gasteiger charge is 2.35. The maximum absolute atomic E-state index is 15.2. The number of ether oxygens (including phenoxy) is 1. The molecule has 5 rings (SSSR count). The van der Waals surface area contributed by atoms with Gasteiger partial charge in [0.25, 0.3) is 0 Å². The zero-order valence-corrected chi connectivity index (χ0v) is 23.9. The fraction of sp³-hybridized carbons (Fsp3) is 0.406. The first kappa shape index (κ1) is 29.2. The number of nitrogens with zero attached hydrogens (tertiary/aromatic N) is 6. The van der Waals surface area contributed by atoms with E-state index in [-0.39, 0.29) is 40.8 Å². The number of aromatic nitrogens is 4. The molecule has 0 amide bonds. The molecule has 2 N–H and O–H groups in total. The summed E-state index contributed by atoms with van der Waals surface area (Å²) in [6.45, 7) is 5.73. The van der Waals surface area contributed by atoms with Gasteiger partial charge >= 0.3 is 0 Å². The zero-order valence-electron chi connectivity index (χ0n) is 23.9. The number of imidazole rings is 1. The highest BCUT2D eigenvalue weighted by molar-refractivity contribution is 5.63. The molecule has 0 unspecified atom stereocenters. The van der Waals surface area contributed by atoms with Gasteiger partial charge in [0.1, 0.15) is 17.5 Å². The molecule has 4 aromatic rings. The van der Waals surface area contributed by atoms with E-state index in [1.807, 2.05) is 12.3 Å². The van der Waals surface area contributed by atoms with Gasteiger partial charge in [-0.2, -0.15) is 15.6 Å². The molecule has 4 atom stereocenters. The summed E-state index contributed by atoms with van der Waals surface area (Å²) in [5, 5.41) is 22.8. The first-order valence-electron chi connectivity index (χ1n) is 14.0. The molecular formula is C32H33F2N7O. The van der Waals surface area contributed by atoms with Gasteiger partial charge < -0.3 is 10.5 Å². The number of fused-ring (bicyclic) bond motifs is 1. The molecule has 0 aliphatic heterocycles. The first-order chi connectivity index (χ1) is 20.1. The molecule has 0 spiro atoms. The van der Waals surface area contributed by atoms with Crippen molar-refractivity contribution in [2.24, 2.45) is 11.7 Å². The third-order valence-corrected chi connectivity index (χ3v) is 8.20. The van der Waals surface area contributed by atoms with Gasteiger partial charge in [-0.05, 0) is 85.5 Å². The van der Waals surface area contributed by atoms with Crippen LogP contribution in [0.1, 0.15) is 68.5 Å². The molecule has 10 heteroatoms. The van der Waals surface area contributed by atoms with Crippen molar-refractivity contribution < 1.29 is 13.5 Å². The van der Waals surface area contributed by atoms with Gasteiger partial charge in [0, 0.05) is 24.9 Å². The van der Waals surface area contributed by atoms with Crippen LogP contribution < -0.4 is 5.73 Å². The summed E-state index contributed by atoms with van der Waals surface area (Å²) in [6.07, 6.45) is 7.54. The predicted octanol–water partition coefficient (Wildman–Crippen LogP) is 5.60. The highest BCUT2D eigenvalue weighted by Crippen LogP contribution is 2.39. The van der Waals surface area contributed by atoms with Crippen LogP contribution in [-0.2, 0) is 16.6 Å².